The van der Waals surface area contributed by atoms with Crippen LogP contribution >= 0.6 is 0 Å². The molecule has 0 amide bonds. The van der Waals surface area contributed by atoms with Crippen molar-refractivity contribution in [3.8, 4) is 0 Å². The zero-order valence-corrected chi connectivity index (χ0v) is 13.3. The molecule has 20 heavy (non-hydrogen) atoms. The molecule has 0 aromatic heterocycles. The Morgan fingerprint density at radius 3 is 2.60 bits per heavy atom. The van der Waals surface area contributed by atoms with E-state index in [1.807, 2.05) is 0 Å². The molecule has 4 aliphatic rings. The van der Waals surface area contributed by atoms with E-state index >= 15 is 0 Å². The highest BCUT2D eigenvalue weighted by Gasteiger charge is 2.59. The van der Waals surface area contributed by atoms with E-state index in [-0.39, 0.29) is 5.41 Å². The molecule has 0 radical (unpaired) electrons. The van der Waals surface area contributed by atoms with Crippen molar-refractivity contribution in [2.24, 2.45) is 34.5 Å². The first-order valence-corrected chi connectivity index (χ1v) is 9.09. The number of Topliss-reactive ketones (excluding diaryl/α,β-unsaturated/α-hetero) is 1. The van der Waals surface area contributed by atoms with Crippen molar-refractivity contribution in [1.29, 1.82) is 0 Å². The van der Waals surface area contributed by atoms with E-state index in [2.05, 4.69) is 13.8 Å². The van der Waals surface area contributed by atoms with Gasteiger partial charge in [-0.3, -0.25) is 4.79 Å². The van der Waals surface area contributed by atoms with Gasteiger partial charge in [0, 0.05) is 11.8 Å². The third-order valence-corrected chi connectivity index (χ3v) is 8.29. The molecule has 0 unspecified atom stereocenters. The number of ketones is 1. The van der Waals surface area contributed by atoms with Crippen molar-refractivity contribution in [2.75, 3.05) is 0 Å². The van der Waals surface area contributed by atoms with Gasteiger partial charge in [0.1, 0.15) is 5.78 Å². The topological polar surface area (TPSA) is 17.1 Å². The van der Waals surface area contributed by atoms with Gasteiger partial charge in [-0.15, -0.1) is 0 Å². The van der Waals surface area contributed by atoms with Crippen LogP contribution in [0.5, 0.6) is 0 Å². The van der Waals surface area contributed by atoms with E-state index in [0.29, 0.717) is 11.2 Å². The number of hydrogen-bond acceptors (Lipinski definition) is 1. The molecule has 4 saturated carbocycles. The molecule has 6 atom stereocenters. The van der Waals surface area contributed by atoms with Crippen LogP contribution in [0.15, 0.2) is 0 Å². The van der Waals surface area contributed by atoms with E-state index < -0.39 is 0 Å². The van der Waals surface area contributed by atoms with Crippen LogP contribution in [0.2, 0.25) is 0 Å². The second-order valence-corrected chi connectivity index (χ2v) is 8.82. The Morgan fingerprint density at radius 2 is 1.75 bits per heavy atom. The lowest BCUT2D eigenvalue weighted by molar-refractivity contribution is -0.138. The van der Waals surface area contributed by atoms with Crippen molar-refractivity contribution in [3.05, 3.63) is 0 Å². The third-order valence-electron chi connectivity index (χ3n) is 8.29. The SMILES string of the molecule is C[C@]12CCCC[C@H]1CC[C@H]1[C@@H]2CC[C@]2(C)C(=O)CC[C@@H]12. The summed E-state index contributed by atoms with van der Waals surface area (Å²) in [6.07, 6.45) is 13.4. The highest BCUT2D eigenvalue weighted by Crippen LogP contribution is 2.65. The molecule has 0 aromatic carbocycles. The highest BCUT2D eigenvalue weighted by molar-refractivity contribution is 5.87. The van der Waals surface area contributed by atoms with Crippen LogP contribution in [0, 0.1) is 34.5 Å². The smallest absolute Gasteiger partial charge is 0.139 e. The Balaban J connectivity index is 1.66. The van der Waals surface area contributed by atoms with Crippen LogP contribution < -0.4 is 0 Å². The fourth-order valence-corrected chi connectivity index (χ4v) is 7.07. The van der Waals surface area contributed by atoms with Gasteiger partial charge in [0.2, 0.25) is 0 Å². The fraction of sp³-hybridized carbons (Fsp3) is 0.947. The summed E-state index contributed by atoms with van der Waals surface area (Å²) in [6, 6.07) is 0. The molecule has 0 bridgehead atoms. The van der Waals surface area contributed by atoms with Gasteiger partial charge in [0.05, 0.1) is 0 Å². The van der Waals surface area contributed by atoms with Crippen molar-refractivity contribution < 1.29 is 4.79 Å². The van der Waals surface area contributed by atoms with Crippen LogP contribution in [-0.4, -0.2) is 5.78 Å². The summed E-state index contributed by atoms with van der Waals surface area (Å²) in [6.45, 7) is 4.92. The van der Waals surface area contributed by atoms with Gasteiger partial charge < -0.3 is 0 Å². The lowest BCUT2D eigenvalue weighted by Crippen LogP contribution is -2.52. The van der Waals surface area contributed by atoms with Gasteiger partial charge >= 0.3 is 0 Å². The molecule has 4 aliphatic carbocycles. The Morgan fingerprint density at radius 1 is 0.900 bits per heavy atom. The van der Waals surface area contributed by atoms with Crippen molar-refractivity contribution in [2.45, 2.75) is 78.1 Å². The van der Waals surface area contributed by atoms with Gasteiger partial charge in [-0.05, 0) is 74.0 Å². The summed E-state index contributed by atoms with van der Waals surface area (Å²) in [4.78, 5) is 12.4. The summed E-state index contributed by atoms with van der Waals surface area (Å²) >= 11 is 0. The Hall–Kier alpha value is -0.330. The average molecular weight is 274 g/mol. The first-order valence-electron chi connectivity index (χ1n) is 9.09. The zero-order valence-electron chi connectivity index (χ0n) is 13.3. The predicted molar refractivity (Wildman–Crippen MR) is 81.4 cm³/mol. The number of hydrogen-bond donors (Lipinski definition) is 0. The molecule has 4 rings (SSSR count). The van der Waals surface area contributed by atoms with E-state index in [1.54, 1.807) is 0 Å². The Kier molecular flexibility index (Phi) is 2.89. The van der Waals surface area contributed by atoms with Gasteiger partial charge in [-0.1, -0.05) is 26.7 Å². The van der Waals surface area contributed by atoms with Gasteiger partial charge in [-0.25, -0.2) is 0 Å². The predicted octanol–water partition coefficient (Wildman–Crippen LogP) is 4.99. The number of fused-ring (bicyclic) bond motifs is 5. The summed E-state index contributed by atoms with van der Waals surface area (Å²) in [5.41, 5.74) is 0.688. The fourth-order valence-electron chi connectivity index (χ4n) is 7.07. The van der Waals surface area contributed by atoms with Gasteiger partial charge in [0.25, 0.3) is 0 Å². The first kappa shape index (κ1) is 13.3. The molecule has 4 fully saturated rings. The van der Waals surface area contributed by atoms with Crippen LogP contribution in [0.1, 0.15) is 78.1 Å². The van der Waals surface area contributed by atoms with E-state index in [0.717, 1.165) is 30.1 Å². The summed E-state index contributed by atoms with van der Waals surface area (Å²) in [7, 11) is 0. The second-order valence-electron chi connectivity index (χ2n) is 8.82. The summed E-state index contributed by atoms with van der Waals surface area (Å²) in [5, 5.41) is 0. The van der Waals surface area contributed by atoms with E-state index in [9.17, 15) is 4.79 Å². The summed E-state index contributed by atoms with van der Waals surface area (Å²) in [5.74, 6) is 4.13. The normalized spacial score (nSPS) is 55.0. The minimum atomic E-state index is 0.0685. The molecule has 0 spiro atoms. The molecule has 0 saturated heterocycles. The molecule has 1 nitrogen and oxygen atoms in total. The Labute approximate surface area is 123 Å². The van der Waals surface area contributed by atoms with Crippen molar-refractivity contribution in [1.82, 2.24) is 0 Å². The molecule has 0 aromatic rings. The van der Waals surface area contributed by atoms with Crippen LogP contribution in [0.25, 0.3) is 0 Å². The van der Waals surface area contributed by atoms with E-state index in [4.69, 9.17) is 0 Å². The molecule has 0 heterocycles. The van der Waals surface area contributed by atoms with Crippen LogP contribution in [0.3, 0.4) is 0 Å². The zero-order chi connectivity index (χ0) is 14.0. The lowest BCUT2D eigenvalue weighted by Gasteiger charge is -2.59. The molecule has 112 valence electrons. The molecule has 1 heteroatoms. The maximum Gasteiger partial charge on any atom is 0.139 e. The number of rotatable bonds is 0. The molecule has 0 aliphatic heterocycles. The first-order chi connectivity index (χ1) is 9.56. The lowest BCUT2D eigenvalue weighted by atomic mass is 9.45. The van der Waals surface area contributed by atoms with Gasteiger partial charge in [0.15, 0.2) is 0 Å². The maximum absolute atomic E-state index is 12.4. The van der Waals surface area contributed by atoms with E-state index in [1.165, 1.54) is 57.8 Å². The number of carbonyl (C=O) groups excluding carboxylic acids is 1. The van der Waals surface area contributed by atoms with Crippen LogP contribution in [0.4, 0.5) is 0 Å². The molecule has 0 N–H and O–H groups in total. The summed E-state index contributed by atoms with van der Waals surface area (Å²) < 4.78 is 0. The quantitative estimate of drug-likeness (QED) is 0.608. The van der Waals surface area contributed by atoms with Crippen molar-refractivity contribution >= 4 is 5.78 Å². The number of carbonyl (C=O) groups is 1. The minimum absolute atomic E-state index is 0.0685. The van der Waals surface area contributed by atoms with Crippen molar-refractivity contribution in [3.63, 3.8) is 0 Å². The minimum Gasteiger partial charge on any atom is -0.299 e. The Bertz CT molecular complexity index is 427. The van der Waals surface area contributed by atoms with Crippen LogP contribution in [-0.2, 0) is 4.79 Å². The van der Waals surface area contributed by atoms with Gasteiger partial charge in [-0.2, -0.15) is 0 Å². The second kappa shape index (κ2) is 4.34. The monoisotopic (exact) mass is 274 g/mol. The molecular weight excluding hydrogens is 244 g/mol. The largest absolute Gasteiger partial charge is 0.299 e. The third kappa shape index (κ3) is 1.58. The standard InChI is InChI=1S/C19H30O/c1-18-11-4-3-5-13(18)6-7-14-15-8-9-17(20)19(15,2)12-10-16(14)18/h13-16H,3-12H2,1-2H3/t13-,14+,15-,16-,18-,19-/m0/s1. The maximum atomic E-state index is 12.4. The molecular formula is C19H30O. The average Bonchev–Trinajstić information content (AvgIpc) is 2.74. The highest BCUT2D eigenvalue weighted by atomic mass is 16.1.